The van der Waals surface area contributed by atoms with Gasteiger partial charge < -0.3 is 15.0 Å². The van der Waals surface area contributed by atoms with Crippen molar-refractivity contribution in [1.82, 2.24) is 9.88 Å². The minimum absolute atomic E-state index is 0.230. The number of hydrogen-bond acceptors (Lipinski definition) is 2. The van der Waals surface area contributed by atoms with Crippen molar-refractivity contribution in [2.45, 2.75) is 25.4 Å². The second-order valence-electron chi connectivity index (χ2n) is 5.87. The van der Waals surface area contributed by atoms with E-state index in [1.165, 1.54) is 0 Å². The molecule has 0 saturated carbocycles. The lowest BCUT2D eigenvalue weighted by atomic mass is 10.1. The number of β-amino-alcohol motifs (C(OH)–C–C–N with tert-alkyl or cyclic N) is 1. The molecule has 3 nitrogen and oxygen atoms in total. The largest absolute Gasteiger partial charge is 0.389 e. The summed E-state index contributed by atoms with van der Waals surface area (Å²) in [5, 5.41) is 10.3. The van der Waals surface area contributed by atoms with E-state index in [4.69, 9.17) is 0 Å². The number of fused-ring (bicyclic) bond motifs is 1. The Bertz CT molecular complexity index is 636. The fraction of sp³-hybridized carbons (Fsp3) is 0.467. The molecule has 1 fully saturated rings. The van der Waals surface area contributed by atoms with Crippen molar-refractivity contribution in [1.29, 1.82) is 0 Å². The maximum Gasteiger partial charge on any atom is 0.147 e. The van der Waals surface area contributed by atoms with E-state index in [1.807, 2.05) is 6.92 Å². The van der Waals surface area contributed by atoms with Gasteiger partial charge in [0.25, 0.3) is 0 Å². The smallest absolute Gasteiger partial charge is 0.147 e. The van der Waals surface area contributed by atoms with Gasteiger partial charge in [0, 0.05) is 31.2 Å². The number of hydrogen-bond donors (Lipinski definition) is 2. The van der Waals surface area contributed by atoms with Crippen LogP contribution >= 0.6 is 0 Å². The van der Waals surface area contributed by atoms with Gasteiger partial charge in [0.2, 0.25) is 0 Å². The minimum Gasteiger partial charge on any atom is -0.389 e. The summed E-state index contributed by atoms with van der Waals surface area (Å²) >= 11 is 0. The monoisotopic (exact) mass is 280 g/mol. The normalized spacial score (nSPS) is 23.8. The van der Waals surface area contributed by atoms with Gasteiger partial charge in [-0.25, -0.2) is 8.78 Å². The molecule has 0 aliphatic carbocycles. The lowest BCUT2D eigenvalue weighted by Crippen LogP contribution is -2.30. The van der Waals surface area contributed by atoms with Crippen LogP contribution in [0.4, 0.5) is 8.78 Å². The maximum atomic E-state index is 13.8. The fourth-order valence-corrected chi connectivity index (χ4v) is 2.94. The molecule has 1 aliphatic heterocycles. The molecule has 0 radical (unpaired) electrons. The average molecular weight is 280 g/mol. The molecule has 3 rings (SSSR count). The zero-order valence-electron chi connectivity index (χ0n) is 11.4. The van der Waals surface area contributed by atoms with Crippen molar-refractivity contribution in [3.8, 4) is 0 Å². The molecule has 2 aromatic rings. The first-order valence-corrected chi connectivity index (χ1v) is 6.85. The first-order valence-electron chi connectivity index (χ1n) is 6.85. The lowest BCUT2D eigenvalue weighted by molar-refractivity contribution is 0.0690. The molecule has 5 heteroatoms. The molecule has 1 atom stereocenters. The van der Waals surface area contributed by atoms with Crippen LogP contribution in [0.25, 0.3) is 10.9 Å². The van der Waals surface area contributed by atoms with E-state index in [0.717, 1.165) is 37.2 Å². The standard InChI is InChI=1S/C15H18F2N2O/c1-15(20)5-7-19(9-15)6-4-10-8-18-14-12(17)3-2-11(16)13(10)14/h2-3,8,18,20H,4-7,9H2,1H3. The van der Waals surface area contributed by atoms with Gasteiger partial charge in [-0.1, -0.05) is 0 Å². The van der Waals surface area contributed by atoms with Crippen LogP contribution in [0.2, 0.25) is 0 Å². The molecule has 20 heavy (non-hydrogen) atoms. The summed E-state index contributed by atoms with van der Waals surface area (Å²) < 4.78 is 27.4. The van der Waals surface area contributed by atoms with E-state index in [9.17, 15) is 13.9 Å². The Balaban J connectivity index is 1.77. The van der Waals surface area contributed by atoms with E-state index in [0.29, 0.717) is 18.4 Å². The van der Waals surface area contributed by atoms with E-state index in [1.54, 1.807) is 6.20 Å². The van der Waals surface area contributed by atoms with Crippen LogP contribution in [-0.2, 0) is 6.42 Å². The Labute approximate surface area is 116 Å². The number of benzene rings is 1. The molecule has 1 unspecified atom stereocenters. The number of halogens is 2. The highest BCUT2D eigenvalue weighted by Crippen LogP contribution is 2.26. The molecule has 1 saturated heterocycles. The topological polar surface area (TPSA) is 39.3 Å². The number of nitrogens with zero attached hydrogens (tertiary/aromatic N) is 1. The second-order valence-corrected chi connectivity index (χ2v) is 5.87. The summed E-state index contributed by atoms with van der Waals surface area (Å²) in [5.74, 6) is -0.831. The third kappa shape index (κ3) is 2.43. The van der Waals surface area contributed by atoms with Crippen molar-refractivity contribution in [2.24, 2.45) is 0 Å². The quantitative estimate of drug-likeness (QED) is 0.906. The predicted molar refractivity (Wildman–Crippen MR) is 73.6 cm³/mol. The van der Waals surface area contributed by atoms with Gasteiger partial charge in [-0.15, -0.1) is 0 Å². The van der Waals surface area contributed by atoms with Crippen LogP contribution in [0.3, 0.4) is 0 Å². The maximum absolute atomic E-state index is 13.8. The third-order valence-corrected chi connectivity index (χ3v) is 4.04. The molecule has 2 heterocycles. The summed E-state index contributed by atoms with van der Waals surface area (Å²) in [6.07, 6.45) is 3.06. The highest BCUT2D eigenvalue weighted by Gasteiger charge is 2.30. The van der Waals surface area contributed by atoms with Crippen LogP contribution in [-0.4, -0.2) is 40.2 Å². The molecular weight excluding hydrogens is 262 g/mol. The van der Waals surface area contributed by atoms with E-state index < -0.39 is 17.2 Å². The van der Waals surface area contributed by atoms with Crippen molar-refractivity contribution < 1.29 is 13.9 Å². The lowest BCUT2D eigenvalue weighted by Gasteiger charge is -2.18. The summed E-state index contributed by atoms with van der Waals surface area (Å²) in [6.45, 7) is 4.03. The van der Waals surface area contributed by atoms with Crippen molar-refractivity contribution in [2.75, 3.05) is 19.6 Å². The van der Waals surface area contributed by atoms with Crippen LogP contribution in [0.15, 0.2) is 18.3 Å². The fourth-order valence-electron chi connectivity index (χ4n) is 2.94. The third-order valence-electron chi connectivity index (χ3n) is 4.04. The average Bonchev–Trinajstić information content (AvgIpc) is 2.96. The van der Waals surface area contributed by atoms with E-state index in [-0.39, 0.29) is 5.52 Å². The minimum atomic E-state index is -0.627. The number of aliphatic hydroxyl groups is 1. The summed E-state index contributed by atoms with van der Waals surface area (Å²) in [4.78, 5) is 4.95. The summed E-state index contributed by atoms with van der Waals surface area (Å²) in [6, 6.07) is 2.30. The molecule has 1 aromatic carbocycles. The van der Waals surface area contributed by atoms with Gasteiger partial charge in [0.05, 0.1) is 11.1 Å². The van der Waals surface area contributed by atoms with Gasteiger partial charge in [-0.3, -0.25) is 0 Å². The van der Waals surface area contributed by atoms with Crippen LogP contribution < -0.4 is 0 Å². The number of rotatable bonds is 3. The number of H-pyrrole nitrogens is 1. The van der Waals surface area contributed by atoms with Gasteiger partial charge in [0.1, 0.15) is 11.6 Å². The van der Waals surface area contributed by atoms with Crippen LogP contribution in [0.5, 0.6) is 0 Å². The van der Waals surface area contributed by atoms with Crippen LogP contribution in [0, 0.1) is 11.6 Å². The van der Waals surface area contributed by atoms with E-state index in [2.05, 4.69) is 9.88 Å². The van der Waals surface area contributed by atoms with Crippen molar-refractivity contribution >= 4 is 10.9 Å². The van der Waals surface area contributed by atoms with Crippen molar-refractivity contribution in [3.05, 3.63) is 35.5 Å². The molecule has 0 bridgehead atoms. The number of aromatic amines is 1. The Morgan fingerprint density at radius 1 is 1.35 bits per heavy atom. The molecule has 108 valence electrons. The van der Waals surface area contributed by atoms with Gasteiger partial charge in [-0.05, 0) is 37.5 Å². The Hall–Kier alpha value is -1.46. The Kier molecular flexibility index (Phi) is 3.26. The first kappa shape index (κ1) is 13.5. The summed E-state index contributed by atoms with van der Waals surface area (Å²) in [5.41, 5.74) is 0.384. The highest BCUT2D eigenvalue weighted by molar-refractivity contribution is 5.84. The zero-order chi connectivity index (χ0) is 14.3. The Morgan fingerprint density at radius 3 is 2.80 bits per heavy atom. The Morgan fingerprint density at radius 2 is 2.10 bits per heavy atom. The number of likely N-dealkylation sites (tertiary alicyclic amines) is 1. The molecular formula is C15H18F2N2O. The molecule has 2 N–H and O–H groups in total. The van der Waals surface area contributed by atoms with Gasteiger partial charge >= 0.3 is 0 Å². The van der Waals surface area contributed by atoms with Gasteiger partial charge in [-0.2, -0.15) is 0 Å². The van der Waals surface area contributed by atoms with Crippen LogP contribution in [0.1, 0.15) is 18.9 Å². The zero-order valence-corrected chi connectivity index (χ0v) is 11.4. The summed E-state index contributed by atoms with van der Waals surface area (Å²) in [7, 11) is 0. The number of aromatic nitrogens is 1. The first-order chi connectivity index (χ1) is 9.46. The number of nitrogens with one attached hydrogen (secondary N) is 1. The van der Waals surface area contributed by atoms with E-state index >= 15 is 0 Å². The van der Waals surface area contributed by atoms with Gasteiger partial charge in [0.15, 0.2) is 0 Å². The molecule has 0 amide bonds. The SMILES string of the molecule is CC1(O)CCN(CCc2c[nH]c3c(F)ccc(F)c23)C1. The second kappa shape index (κ2) is 4.82. The highest BCUT2D eigenvalue weighted by atomic mass is 19.1. The molecule has 0 spiro atoms. The van der Waals surface area contributed by atoms with Crippen molar-refractivity contribution in [3.63, 3.8) is 0 Å². The predicted octanol–water partition coefficient (Wildman–Crippen LogP) is 2.45. The molecule has 1 aliphatic rings. The molecule has 1 aromatic heterocycles.